The molecule has 0 bridgehead atoms. The Balaban J connectivity index is 1.29. The number of hydrogen-bond acceptors (Lipinski definition) is 8. The molecule has 0 saturated carbocycles. The van der Waals surface area contributed by atoms with Crippen LogP contribution in [0.5, 0.6) is 0 Å². The first-order valence-corrected chi connectivity index (χ1v) is 11.7. The van der Waals surface area contributed by atoms with Crippen molar-refractivity contribution in [2.24, 2.45) is 5.10 Å². The number of nitrogen functional groups attached to an aromatic ring is 1. The topological polar surface area (TPSA) is 133 Å². The molecule has 2 aromatic heterocycles. The highest BCUT2D eigenvalue weighted by atomic mass is 19.1. The van der Waals surface area contributed by atoms with Gasteiger partial charge in [-0.2, -0.15) is 20.4 Å². The lowest BCUT2D eigenvalue weighted by atomic mass is 10.0. The van der Waals surface area contributed by atoms with Crippen molar-refractivity contribution >= 4 is 23.9 Å². The van der Waals surface area contributed by atoms with Crippen molar-refractivity contribution in [1.29, 1.82) is 5.26 Å². The molecule has 1 atom stereocenters. The van der Waals surface area contributed by atoms with Gasteiger partial charge in [-0.15, -0.1) is 0 Å². The van der Waals surface area contributed by atoms with Crippen LogP contribution in [0, 0.1) is 36.8 Å². The zero-order valence-electron chi connectivity index (χ0n) is 20.3. The molecule has 13 heteroatoms. The first-order valence-electron chi connectivity index (χ1n) is 11.7. The molecule has 1 fully saturated rings. The van der Waals surface area contributed by atoms with Crippen LogP contribution in [0.1, 0.15) is 35.0 Å². The zero-order chi connectivity index (χ0) is 26.3. The molecule has 1 unspecified atom stereocenters. The van der Waals surface area contributed by atoms with Crippen molar-refractivity contribution in [2.45, 2.75) is 26.3 Å². The minimum absolute atomic E-state index is 0.00174. The summed E-state index contributed by atoms with van der Waals surface area (Å²) >= 11 is 0. The van der Waals surface area contributed by atoms with Crippen LogP contribution in [-0.4, -0.2) is 68.1 Å². The standard InChI is InChI=1S/C24H24F2N10O/c1-14-21(28)15(2)35(32-14)22-19(26)13-29-23(31-22)33-5-7-34(8-6-33)24(37)36-20(3-4-30-36)17-9-16(12-27)10-18(25)11-17/h4,9-11,13,20H,3,5-8,28H2,1-2H3. The lowest BCUT2D eigenvalue weighted by Gasteiger charge is -2.37. The van der Waals surface area contributed by atoms with Gasteiger partial charge < -0.3 is 15.5 Å². The molecule has 2 aliphatic rings. The average molecular weight is 507 g/mol. The van der Waals surface area contributed by atoms with Crippen LogP contribution < -0.4 is 10.6 Å². The molecule has 11 nitrogen and oxygen atoms in total. The van der Waals surface area contributed by atoms with Crippen LogP contribution in [0.4, 0.5) is 25.2 Å². The maximum absolute atomic E-state index is 14.6. The number of nitrogens with two attached hydrogens (primary N) is 1. The van der Waals surface area contributed by atoms with Gasteiger partial charge in [-0.25, -0.2) is 28.3 Å². The second-order valence-corrected chi connectivity index (χ2v) is 8.87. The molecule has 2 N–H and O–H groups in total. The summed E-state index contributed by atoms with van der Waals surface area (Å²) in [7, 11) is 0. The van der Waals surface area contributed by atoms with Crippen molar-refractivity contribution in [2.75, 3.05) is 36.8 Å². The fourth-order valence-electron chi connectivity index (χ4n) is 4.50. The highest BCUT2D eigenvalue weighted by Gasteiger charge is 2.34. The Kier molecular flexibility index (Phi) is 6.16. The second kappa shape index (κ2) is 9.45. The van der Waals surface area contributed by atoms with Crippen LogP contribution in [0.3, 0.4) is 0 Å². The number of aromatic nitrogens is 4. The molecular formula is C24H24F2N10O. The van der Waals surface area contributed by atoms with Gasteiger partial charge in [0.25, 0.3) is 0 Å². The predicted octanol–water partition coefficient (Wildman–Crippen LogP) is 2.69. The fraction of sp³-hybridized carbons (Fsp3) is 0.333. The lowest BCUT2D eigenvalue weighted by molar-refractivity contribution is 0.139. The largest absolute Gasteiger partial charge is 0.396 e. The number of carbonyl (C=O) groups is 1. The summed E-state index contributed by atoms with van der Waals surface area (Å²) in [6.07, 6.45) is 3.12. The number of hydrogen-bond donors (Lipinski definition) is 1. The Morgan fingerprint density at radius 1 is 1.16 bits per heavy atom. The number of amides is 2. The third-order valence-electron chi connectivity index (χ3n) is 6.55. The number of urea groups is 1. The van der Waals surface area contributed by atoms with E-state index in [1.807, 2.05) is 11.0 Å². The number of halogens is 2. The number of anilines is 2. The summed E-state index contributed by atoms with van der Waals surface area (Å²) in [6, 6.07) is 5.16. The van der Waals surface area contributed by atoms with E-state index < -0.39 is 17.7 Å². The number of benzene rings is 1. The number of hydrazone groups is 1. The van der Waals surface area contributed by atoms with Gasteiger partial charge in [-0.3, -0.25) is 0 Å². The van der Waals surface area contributed by atoms with Gasteiger partial charge in [-0.1, -0.05) is 0 Å². The molecule has 4 heterocycles. The summed E-state index contributed by atoms with van der Waals surface area (Å²) in [5, 5.41) is 19.0. The van der Waals surface area contributed by atoms with E-state index in [2.05, 4.69) is 20.2 Å². The maximum atomic E-state index is 14.6. The molecule has 3 aromatic rings. The van der Waals surface area contributed by atoms with E-state index in [0.717, 1.165) is 12.3 Å². The number of rotatable bonds is 3. The van der Waals surface area contributed by atoms with Gasteiger partial charge in [0.2, 0.25) is 5.95 Å². The number of nitrogens with zero attached hydrogens (tertiary/aromatic N) is 9. The third kappa shape index (κ3) is 4.42. The number of nitriles is 1. The van der Waals surface area contributed by atoms with Crippen LogP contribution in [-0.2, 0) is 0 Å². The Morgan fingerprint density at radius 3 is 2.59 bits per heavy atom. The quantitative estimate of drug-likeness (QED) is 0.578. The first kappa shape index (κ1) is 24.1. The van der Waals surface area contributed by atoms with E-state index in [-0.39, 0.29) is 17.4 Å². The van der Waals surface area contributed by atoms with E-state index in [4.69, 9.17) is 11.0 Å². The SMILES string of the molecule is Cc1nn(-c2nc(N3CCN(C(=O)N4N=CCC4c4cc(F)cc(C#N)c4)CC3)ncc2F)c(C)c1N. The Hall–Kier alpha value is -4.60. The minimum atomic E-state index is -0.627. The van der Waals surface area contributed by atoms with Gasteiger partial charge in [-0.05, 0) is 37.6 Å². The molecule has 1 aromatic carbocycles. The van der Waals surface area contributed by atoms with E-state index in [9.17, 15) is 13.6 Å². The molecule has 190 valence electrons. The fourth-order valence-corrected chi connectivity index (χ4v) is 4.50. The van der Waals surface area contributed by atoms with Crippen LogP contribution in [0.15, 0.2) is 29.5 Å². The maximum Gasteiger partial charge on any atom is 0.341 e. The average Bonchev–Trinajstić information content (AvgIpc) is 3.49. The minimum Gasteiger partial charge on any atom is -0.396 e. The molecule has 1 saturated heterocycles. The Morgan fingerprint density at radius 2 is 1.92 bits per heavy atom. The highest BCUT2D eigenvalue weighted by Crippen LogP contribution is 2.31. The normalized spacial score (nSPS) is 17.4. The van der Waals surface area contributed by atoms with Crippen molar-refractivity contribution < 1.29 is 13.6 Å². The van der Waals surface area contributed by atoms with Gasteiger partial charge in [0.15, 0.2) is 11.6 Å². The predicted molar refractivity (Wildman–Crippen MR) is 131 cm³/mol. The molecule has 37 heavy (non-hydrogen) atoms. The first-order chi connectivity index (χ1) is 17.8. The smallest absolute Gasteiger partial charge is 0.341 e. The number of piperazine rings is 1. The van der Waals surface area contributed by atoms with E-state index in [1.54, 1.807) is 31.0 Å². The van der Waals surface area contributed by atoms with Crippen molar-refractivity contribution in [3.8, 4) is 11.9 Å². The van der Waals surface area contributed by atoms with Crippen LogP contribution in [0.25, 0.3) is 5.82 Å². The number of carbonyl (C=O) groups excluding carboxylic acids is 1. The lowest BCUT2D eigenvalue weighted by Crippen LogP contribution is -2.52. The van der Waals surface area contributed by atoms with Crippen molar-refractivity contribution in [3.63, 3.8) is 0 Å². The van der Waals surface area contributed by atoms with E-state index >= 15 is 0 Å². The second-order valence-electron chi connectivity index (χ2n) is 8.87. The summed E-state index contributed by atoms with van der Waals surface area (Å²) in [5.74, 6) is -0.848. The van der Waals surface area contributed by atoms with Crippen molar-refractivity contribution in [1.82, 2.24) is 29.7 Å². The zero-order valence-corrected chi connectivity index (χ0v) is 20.3. The van der Waals surface area contributed by atoms with Gasteiger partial charge in [0.05, 0.1) is 40.9 Å². The molecule has 2 amide bonds. The van der Waals surface area contributed by atoms with E-state index in [1.165, 1.54) is 15.8 Å². The monoisotopic (exact) mass is 506 g/mol. The molecule has 0 aliphatic carbocycles. The summed E-state index contributed by atoms with van der Waals surface area (Å²) in [6.45, 7) is 5.01. The third-order valence-corrected chi connectivity index (χ3v) is 6.55. The highest BCUT2D eigenvalue weighted by molar-refractivity contribution is 5.78. The van der Waals surface area contributed by atoms with Crippen molar-refractivity contribution in [3.05, 3.63) is 58.5 Å². The van der Waals surface area contributed by atoms with Crippen LogP contribution in [0.2, 0.25) is 0 Å². The molecular weight excluding hydrogens is 482 g/mol. The Bertz CT molecular complexity index is 1440. The summed E-state index contributed by atoms with van der Waals surface area (Å²) in [4.78, 5) is 25.3. The van der Waals surface area contributed by atoms with Crippen LogP contribution >= 0.6 is 0 Å². The Labute approximate surface area is 211 Å². The van der Waals surface area contributed by atoms with Gasteiger partial charge in [0, 0.05) is 38.8 Å². The van der Waals surface area contributed by atoms with Gasteiger partial charge in [0.1, 0.15) is 5.82 Å². The van der Waals surface area contributed by atoms with E-state index in [0.29, 0.717) is 61.2 Å². The molecule has 0 spiro atoms. The molecule has 2 aliphatic heterocycles. The summed E-state index contributed by atoms with van der Waals surface area (Å²) in [5.41, 5.74) is 8.32. The summed E-state index contributed by atoms with van der Waals surface area (Å²) < 4.78 is 29.9. The number of aryl methyl sites for hydroxylation is 1. The molecule has 0 radical (unpaired) electrons. The molecule has 5 rings (SSSR count). The van der Waals surface area contributed by atoms with Gasteiger partial charge >= 0.3 is 6.03 Å².